The molecule has 0 aliphatic carbocycles. The van der Waals surface area contributed by atoms with Crippen LogP contribution in [-0.4, -0.2) is 9.97 Å². The molecule has 1 heterocycles. The molecule has 0 fully saturated rings. The van der Waals surface area contributed by atoms with Crippen LogP contribution >= 0.6 is 11.6 Å². The quantitative estimate of drug-likeness (QED) is 0.844. The van der Waals surface area contributed by atoms with Crippen molar-refractivity contribution in [3.05, 3.63) is 41.0 Å². The third kappa shape index (κ3) is 2.97. The van der Waals surface area contributed by atoms with Gasteiger partial charge in [0.1, 0.15) is 5.15 Å². The van der Waals surface area contributed by atoms with E-state index in [1.807, 2.05) is 18.2 Å². The zero-order chi connectivity index (χ0) is 12.4. The number of hydrogen-bond acceptors (Lipinski definition) is 3. The first-order chi connectivity index (χ1) is 8.08. The van der Waals surface area contributed by atoms with Crippen molar-refractivity contribution in [3.8, 4) is 11.3 Å². The summed E-state index contributed by atoms with van der Waals surface area (Å²) in [6, 6.07) is 9.84. The number of hydrogen-bond donors (Lipinski definition) is 1. The first kappa shape index (κ1) is 14.4. The molecule has 5 heteroatoms. The van der Waals surface area contributed by atoms with Gasteiger partial charge in [-0.1, -0.05) is 49.7 Å². The average Bonchev–Trinajstić information content (AvgIpc) is 2.27. The van der Waals surface area contributed by atoms with Gasteiger partial charge in [0.05, 0.1) is 5.69 Å². The van der Waals surface area contributed by atoms with Crippen LogP contribution in [-0.2, 0) is 0 Å². The summed E-state index contributed by atoms with van der Waals surface area (Å²) in [4.78, 5) is 8.10. The van der Waals surface area contributed by atoms with Crippen molar-refractivity contribution in [2.75, 3.05) is 5.73 Å². The third-order valence-electron chi connectivity index (χ3n) is 2.57. The van der Waals surface area contributed by atoms with Gasteiger partial charge >= 0.3 is 0 Å². The highest BCUT2D eigenvalue weighted by Crippen LogP contribution is 2.29. The lowest BCUT2D eigenvalue weighted by Gasteiger charge is -2.12. The lowest BCUT2D eigenvalue weighted by atomic mass is 9.95. The molecule has 0 atom stereocenters. The van der Waals surface area contributed by atoms with Gasteiger partial charge in [0.25, 0.3) is 0 Å². The Kier molecular flexibility index (Phi) is 4.64. The number of aromatic nitrogens is 2. The Morgan fingerprint density at radius 3 is 2.44 bits per heavy atom. The zero-order valence-electron chi connectivity index (χ0n) is 10.3. The lowest BCUT2D eigenvalue weighted by Crippen LogP contribution is -1.99. The molecule has 1 aromatic carbocycles. The van der Waals surface area contributed by atoms with Crippen molar-refractivity contribution < 1.29 is 0 Å². The highest BCUT2D eigenvalue weighted by molar-refractivity contribution is 6.29. The molecule has 2 rings (SSSR count). The van der Waals surface area contributed by atoms with E-state index < -0.39 is 0 Å². The standard InChI is InChI=1S/C13H14ClN3.N/c1-8(2)9-5-3-4-6-10(9)11-7-12(14)17-13(15)16-11;/h3-8H,1-2H3,(H2,15,16,17);. The van der Waals surface area contributed by atoms with Crippen LogP contribution in [0.1, 0.15) is 25.3 Å². The molecule has 4 nitrogen and oxygen atoms in total. The molecule has 2 N–H and O–H groups in total. The molecule has 0 amide bonds. The van der Waals surface area contributed by atoms with Crippen molar-refractivity contribution in [1.29, 1.82) is 0 Å². The number of anilines is 1. The van der Waals surface area contributed by atoms with E-state index in [2.05, 4.69) is 29.9 Å². The van der Waals surface area contributed by atoms with Crippen LogP contribution < -0.4 is 11.9 Å². The van der Waals surface area contributed by atoms with Crippen LogP contribution in [0.5, 0.6) is 0 Å². The number of nitrogens with two attached hydrogens (primary N) is 1. The van der Waals surface area contributed by atoms with Gasteiger partial charge in [-0.15, -0.1) is 0 Å². The molecule has 0 aliphatic heterocycles. The summed E-state index contributed by atoms with van der Waals surface area (Å²) < 4.78 is 0. The summed E-state index contributed by atoms with van der Waals surface area (Å²) in [6.45, 7) is 4.29. The summed E-state index contributed by atoms with van der Waals surface area (Å²) >= 11 is 5.90. The minimum Gasteiger partial charge on any atom is -0.368 e. The summed E-state index contributed by atoms with van der Waals surface area (Å²) in [5.41, 5.74) is 8.66. The largest absolute Gasteiger partial charge is 0.368 e. The minimum atomic E-state index is 0. The van der Waals surface area contributed by atoms with Gasteiger partial charge in [0.2, 0.25) is 5.95 Å². The number of nitrogen functional groups attached to an aromatic ring is 1. The highest BCUT2D eigenvalue weighted by atomic mass is 35.5. The molecule has 0 saturated carbocycles. The van der Waals surface area contributed by atoms with Crippen molar-refractivity contribution in [3.63, 3.8) is 0 Å². The van der Waals surface area contributed by atoms with Gasteiger partial charge in [-0.05, 0) is 11.5 Å². The SMILES string of the molecule is CC(C)c1ccccc1-c1cc(Cl)nc(N)n1.[N]. The first-order valence-corrected chi connectivity index (χ1v) is 5.85. The zero-order valence-corrected chi connectivity index (χ0v) is 11.0. The van der Waals surface area contributed by atoms with Gasteiger partial charge in [-0.25, -0.2) is 9.97 Å². The van der Waals surface area contributed by atoms with Crippen LogP contribution in [0, 0.1) is 0 Å². The Hall–Kier alpha value is -1.65. The fourth-order valence-corrected chi connectivity index (χ4v) is 2.00. The van der Waals surface area contributed by atoms with Gasteiger partial charge < -0.3 is 5.73 Å². The van der Waals surface area contributed by atoms with Crippen LogP contribution in [0.4, 0.5) is 5.95 Å². The maximum absolute atomic E-state index is 5.90. The fraction of sp³-hybridized carbons (Fsp3) is 0.231. The molecule has 0 spiro atoms. The summed E-state index contributed by atoms with van der Waals surface area (Å²) in [6.07, 6.45) is 0. The van der Waals surface area contributed by atoms with Crippen LogP contribution in [0.15, 0.2) is 30.3 Å². The van der Waals surface area contributed by atoms with Gasteiger partial charge in [-0.3, -0.25) is 0 Å². The molecule has 93 valence electrons. The molecular weight excluding hydrogens is 248 g/mol. The lowest BCUT2D eigenvalue weighted by molar-refractivity contribution is 0.868. The van der Waals surface area contributed by atoms with Crippen LogP contribution in [0.2, 0.25) is 5.15 Å². The number of rotatable bonds is 2. The van der Waals surface area contributed by atoms with Crippen LogP contribution in [0.25, 0.3) is 11.3 Å². The second-order valence-electron chi connectivity index (χ2n) is 4.18. The Bertz CT molecular complexity index is 520. The van der Waals surface area contributed by atoms with Crippen LogP contribution in [0.3, 0.4) is 0 Å². The van der Waals surface area contributed by atoms with E-state index >= 15 is 0 Å². The molecule has 2 aromatic rings. The summed E-state index contributed by atoms with van der Waals surface area (Å²) in [7, 11) is 0. The number of halogens is 1. The topological polar surface area (TPSA) is 82.3 Å². The predicted octanol–water partition coefficient (Wildman–Crippen LogP) is 3.02. The van der Waals surface area contributed by atoms with Crippen molar-refractivity contribution in [2.24, 2.45) is 0 Å². The Morgan fingerprint density at radius 2 is 1.83 bits per heavy atom. The fourth-order valence-electron chi connectivity index (χ4n) is 1.81. The normalized spacial score (nSPS) is 10.2. The molecule has 0 unspecified atom stereocenters. The maximum Gasteiger partial charge on any atom is 0.221 e. The molecule has 0 saturated heterocycles. The molecule has 0 aliphatic rings. The summed E-state index contributed by atoms with van der Waals surface area (Å²) in [5.74, 6) is 0.618. The Balaban J connectivity index is 0.00000162. The van der Waals surface area contributed by atoms with E-state index in [1.165, 1.54) is 5.56 Å². The first-order valence-electron chi connectivity index (χ1n) is 5.47. The van der Waals surface area contributed by atoms with Crippen molar-refractivity contribution >= 4 is 17.5 Å². The van der Waals surface area contributed by atoms with Gasteiger partial charge in [0.15, 0.2) is 0 Å². The molecule has 3 radical (unpaired) electrons. The number of nitrogens with zero attached hydrogens (tertiary/aromatic N) is 3. The predicted molar refractivity (Wildman–Crippen MR) is 73.1 cm³/mol. The second kappa shape index (κ2) is 5.80. The van der Waals surface area contributed by atoms with E-state index in [-0.39, 0.29) is 12.1 Å². The molecule has 18 heavy (non-hydrogen) atoms. The van der Waals surface area contributed by atoms with E-state index in [4.69, 9.17) is 17.3 Å². The monoisotopic (exact) mass is 261 g/mol. The second-order valence-corrected chi connectivity index (χ2v) is 4.56. The molecule has 0 bridgehead atoms. The van der Waals surface area contributed by atoms with E-state index in [0.717, 1.165) is 11.3 Å². The smallest absolute Gasteiger partial charge is 0.221 e. The van der Waals surface area contributed by atoms with E-state index in [9.17, 15) is 0 Å². The average molecular weight is 262 g/mol. The van der Waals surface area contributed by atoms with Gasteiger partial charge in [-0.2, -0.15) is 0 Å². The van der Waals surface area contributed by atoms with Crippen molar-refractivity contribution in [2.45, 2.75) is 19.8 Å². The van der Waals surface area contributed by atoms with Crippen molar-refractivity contribution in [1.82, 2.24) is 16.1 Å². The Morgan fingerprint density at radius 1 is 1.17 bits per heavy atom. The maximum atomic E-state index is 5.90. The minimum absolute atomic E-state index is 0. The Labute approximate surface area is 112 Å². The third-order valence-corrected chi connectivity index (χ3v) is 2.76. The number of benzene rings is 1. The van der Waals surface area contributed by atoms with E-state index in [1.54, 1.807) is 6.07 Å². The van der Waals surface area contributed by atoms with E-state index in [0.29, 0.717) is 11.1 Å². The summed E-state index contributed by atoms with van der Waals surface area (Å²) in [5, 5.41) is 0.367. The van der Waals surface area contributed by atoms with Gasteiger partial charge in [0, 0.05) is 17.8 Å². The molecule has 1 aromatic heterocycles. The highest BCUT2D eigenvalue weighted by Gasteiger charge is 2.10. The molecular formula is C13H14ClN4.